The quantitative estimate of drug-likeness (QED) is 0.136. The highest BCUT2D eigenvalue weighted by Gasteiger charge is 2.42. The molecule has 55 heavy (non-hydrogen) atoms. The van der Waals surface area contributed by atoms with Crippen molar-refractivity contribution in [2.75, 3.05) is 27.2 Å². The molecule has 0 spiro atoms. The Hall–Kier alpha value is -6.11. The van der Waals surface area contributed by atoms with E-state index < -0.39 is 83.9 Å². The molecule has 1 aromatic carbocycles. The van der Waals surface area contributed by atoms with E-state index in [1.165, 1.54) is 32.5 Å². The molecule has 7 N–H and O–H groups in total. The molecule has 18 nitrogen and oxygen atoms in total. The zero-order valence-corrected chi connectivity index (χ0v) is 32.3. The first-order chi connectivity index (χ1) is 26.0. The predicted molar refractivity (Wildman–Crippen MR) is 200 cm³/mol. The van der Waals surface area contributed by atoms with E-state index in [4.69, 9.17) is 4.74 Å². The molecule has 4 rings (SSSR count). The van der Waals surface area contributed by atoms with Crippen LogP contribution in [-0.4, -0.2) is 107 Å². The molecule has 2 aromatic heterocycles. The number of aromatic amines is 1. The number of benzene rings is 1. The molecule has 294 valence electrons. The van der Waals surface area contributed by atoms with Gasteiger partial charge in [0.25, 0.3) is 17.7 Å². The van der Waals surface area contributed by atoms with Gasteiger partial charge in [-0.1, -0.05) is 25.1 Å². The van der Waals surface area contributed by atoms with Crippen molar-refractivity contribution in [1.82, 2.24) is 46.8 Å². The molecule has 0 fully saturated rings. The standard InChI is InChI=1S/C36H45N9O9S/c1-8-22-30(49)41-23(9-2)34(52)45(6)16-28(48)39-18(3)33-43-25(17-55-33)31(50)42-24(13-20-14-37-29-21(20)11-10-12-26(29)54-7)32(51)44-36(5,19(4)46)35(53)38-15-27(47)40-22/h9-12,14,17-18,22,24,37H,8,13,15-16H2,1-7H3,(H,38,53)(H,39,48)(H,40,47)(H,41,49)(H,42,50)(H,44,51)/b23-9-/t18-,22-,24+,36+/m1/s1. The highest BCUT2D eigenvalue weighted by molar-refractivity contribution is 7.09. The molecule has 0 saturated heterocycles. The predicted octanol–water partition coefficient (Wildman–Crippen LogP) is 0.118. The molecule has 0 aliphatic carbocycles. The summed E-state index contributed by atoms with van der Waals surface area (Å²) in [5.74, 6) is -5.68. The summed E-state index contributed by atoms with van der Waals surface area (Å²) in [5.41, 5.74) is -1.17. The topological polar surface area (TPSA) is 250 Å². The minimum Gasteiger partial charge on any atom is -0.495 e. The number of thiazole rings is 1. The second-order valence-corrected chi connectivity index (χ2v) is 13.9. The lowest BCUT2D eigenvalue weighted by atomic mass is 9.94. The van der Waals surface area contributed by atoms with E-state index in [0.29, 0.717) is 27.2 Å². The van der Waals surface area contributed by atoms with Gasteiger partial charge in [0, 0.05) is 30.4 Å². The van der Waals surface area contributed by atoms with Crippen molar-refractivity contribution in [1.29, 1.82) is 0 Å². The number of H-pyrrole nitrogens is 1. The van der Waals surface area contributed by atoms with Crippen LogP contribution in [0.15, 0.2) is 41.5 Å². The summed E-state index contributed by atoms with van der Waals surface area (Å²) < 4.78 is 5.44. The molecule has 3 aromatic rings. The van der Waals surface area contributed by atoms with E-state index in [0.717, 1.165) is 30.1 Å². The number of para-hydroxylation sites is 1. The minimum absolute atomic E-state index is 0.0711. The van der Waals surface area contributed by atoms with Crippen LogP contribution in [-0.2, 0) is 40.0 Å². The summed E-state index contributed by atoms with van der Waals surface area (Å²) in [6, 6.07) is 2.11. The Morgan fingerprint density at radius 2 is 1.78 bits per heavy atom. The van der Waals surface area contributed by atoms with Crippen LogP contribution in [0.5, 0.6) is 5.75 Å². The van der Waals surface area contributed by atoms with Crippen molar-refractivity contribution in [3.05, 3.63) is 57.8 Å². The Kier molecular flexibility index (Phi) is 13.5. The first-order valence-electron chi connectivity index (χ1n) is 17.3. The number of amides is 7. The number of ether oxygens (including phenoxy) is 1. The normalized spacial score (nSPS) is 23.5. The summed E-state index contributed by atoms with van der Waals surface area (Å²) >= 11 is 1.08. The fourth-order valence-corrected chi connectivity index (χ4v) is 6.47. The fraction of sp³-hybridized carbons (Fsp3) is 0.417. The second kappa shape index (κ2) is 17.8. The third-order valence-corrected chi connectivity index (χ3v) is 10.1. The molecule has 3 heterocycles. The van der Waals surface area contributed by atoms with Crippen molar-refractivity contribution >= 4 is 69.4 Å². The van der Waals surface area contributed by atoms with Gasteiger partial charge in [0.1, 0.15) is 34.2 Å². The van der Waals surface area contributed by atoms with Gasteiger partial charge in [-0.25, -0.2) is 4.98 Å². The minimum atomic E-state index is -2.20. The van der Waals surface area contributed by atoms with Gasteiger partial charge in [0.2, 0.25) is 23.6 Å². The van der Waals surface area contributed by atoms with Crippen LogP contribution >= 0.6 is 11.3 Å². The Bertz CT molecular complexity index is 2040. The van der Waals surface area contributed by atoms with Gasteiger partial charge in [-0.05, 0) is 45.7 Å². The van der Waals surface area contributed by atoms with Crippen LogP contribution in [0.1, 0.15) is 68.1 Å². The lowest BCUT2D eigenvalue weighted by Gasteiger charge is -2.29. The molecule has 1 aliphatic rings. The molecular formula is C36H45N9O9S. The molecule has 4 atom stereocenters. The number of allylic oxidation sites excluding steroid dienone is 1. The van der Waals surface area contributed by atoms with Gasteiger partial charge in [-0.15, -0.1) is 11.3 Å². The summed E-state index contributed by atoms with van der Waals surface area (Å²) in [6.07, 6.45) is 2.99. The number of nitrogens with zero attached hydrogens (tertiary/aromatic N) is 2. The molecule has 0 saturated carbocycles. The molecule has 2 bridgehead atoms. The number of hydrogen-bond acceptors (Lipinski definition) is 11. The number of likely N-dealkylation sites (N-methyl/N-ethyl adjacent to an activating group) is 1. The number of carbonyl (C=O) groups is 8. The van der Waals surface area contributed by atoms with Crippen molar-refractivity contribution in [3.8, 4) is 5.75 Å². The Labute approximate surface area is 320 Å². The van der Waals surface area contributed by atoms with Gasteiger partial charge in [0.15, 0.2) is 11.3 Å². The van der Waals surface area contributed by atoms with Gasteiger partial charge < -0.3 is 46.5 Å². The number of nitrogens with one attached hydrogen (secondary N) is 7. The Morgan fingerprint density at radius 3 is 2.44 bits per heavy atom. The third kappa shape index (κ3) is 9.71. The highest BCUT2D eigenvalue weighted by atomic mass is 32.1. The highest BCUT2D eigenvalue weighted by Crippen LogP contribution is 2.28. The number of aromatic nitrogens is 2. The van der Waals surface area contributed by atoms with Crippen molar-refractivity contribution < 1.29 is 43.1 Å². The van der Waals surface area contributed by atoms with Crippen molar-refractivity contribution in [2.24, 2.45) is 0 Å². The molecule has 1 aliphatic heterocycles. The van der Waals surface area contributed by atoms with Gasteiger partial charge in [0.05, 0.1) is 31.8 Å². The maximum Gasteiger partial charge on any atom is 0.271 e. The number of methoxy groups -OCH3 is 1. The van der Waals surface area contributed by atoms with E-state index >= 15 is 0 Å². The summed E-state index contributed by atoms with van der Waals surface area (Å²) in [6.45, 7) is 5.93. The maximum atomic E-state index is 14.0. The Morgan fingerprint density at radius 1 is 1.05 bits per heavy atom. The largest absolute Gasteiger partial charge is 0.495 e. The van der Waals surface area contributed by atoms with Crippen LogP contribution in [0.25, 0.3) is 10.9 Å². The second-order valence-electron chi connectivity index (χ2n) is 13.0. The van der Waals surface area contributed by atoms with Gasteiger partial charge >= 0.3 is 0 Å². The van der Waals surface area contributed by atoms with E-state index in [1.54, 1.807) is 38.2 Å². The molecule has 0 unspecified atom stereocenters. The summed E-state index contributed by atoms with van der Waals surface area (Å²) in [4.78, 5) is 115. The number of fused-ring (bicyclic) bond motifs is 3. The van der Waals surface area contributed by atoms with Crippen LogP contribution < -0.4 is 36.6 Å². The molecular weight excluding hydrogens is 735 g/mol. The van der Waals surface area contributed by atoms with Crippen LogP contribution in [0.2, 0.25) is 0 Å². The third-order valence-electron chi connectivity index (χ3n) is 9.04. The van der Waals surface area contributed by atoms with Crippen molar-refractivity contribution in [2.45, 2.75) is 71.1 Å². The molecule has 19 heteroatoms. The summed E-state index contributed by atoms with van der Waals surface area (Å²) in [5, 5.41) is 17.6. The monoisotopic (exact) mass is 779 g/mol. The molecule has 7 amide bonds. The smallest absolute Gasteiger partial charge is 0.271 e. The number of rotatable bonds is 5. The summed E-state index contributed by atoms with van der Waals surface area (Å²) in [7, 11) is 2.88. The van der Waals surface area contributed by atoms with E-state index in [9.17, 15) is 38.4 Å². The SMILES string of the molecule is C/C=C1\NC(=O)[C@@H](CC)NC(=O)CNC(=O)[C@](C)(C(C)=O)NC(=O)[C@H](Cc2c[nH]c3c(OC)cccc23)NC(=O)c2csc(n2)[C@@H](C)NC(=O)CN(C)C1=O. The van der Waals surface area contributed by atoms with E-state index in [2.05, 4.69) is 41.9 Å². The zero-order valence-electron chi connectivity index (χ0n) is 31.5. The average Bonchev–Trinajstić information content (AvgIpc) is 3.82. The van der Waals surface area contributed by atoms with Gasteiger partial charge in [-0.3, -0.25) is 38.4 Å². The van der Waals surface area contributed by atoms with Crippen LogP contribution in [0.3, 0.4) is 0 Å². The number of hydrogen-bond donors (Lipinski definition) is 7. The van der Waals surface area contributed by atoms with E-state index in [1.807, 2.05) is 0 Å². The zero-order chi connectivity index (χ0) is 40.6. The molecule has 0 radical (unpaired) electrons. The van der Waals surface area contributed by atoms with Crippen LogP contribution in [0.4, 0.5) is 0 Å². The van der Waals surface area contributed by atoms with E-state index in [-0.39, 0.29) is 24.2 Å². The van der Waals surface area contributed by atoms with Crippen LogP contribution in [0, 0.1) is 0 Å². The number of carbonyl (C=O) groups excluding carboxylic acids is 8. The van der Waals surface area contributed by atoms with Gasteiger partial charge in [-0.2, -0.15) is 0 Å². The number of Topliss-reactive ketones (excluding diaryl/α,β-unsaturated/α-hetero) is 1. The number of ketones is 1. The average molecular weight is 780 g/mol. The Balaban J connectivity index is 1.71. The fourth-order valence-electron chi connectivity index (χ4n) is 5.66. The maximum absolute atomic E-state index is 14.0. The first-order valence-corrected chi connectivity index (χ1v) is 18.2. The van der Waals surface area contributed by atoms with Crippen molar-refractivity contribution in [3.63, 3.8) is 0 Å². The lowest BCUT2D eigenvalue weighted by molar-refractivity contribution is -0.141. The first kappa shape index (κ1) is 41.6. The lowest BCUT2D eigenvalue weighted by Crippen LogP contribution is -2.65.